The van der Waals surface area contributed by atoms with E-state index in [0.29, 0.717) is 23.7 Å². The molecule has 0 fully saturated rings. The number of Topliss-reactive ketones (excluding diaryl/α,β-unsaturated/α-hetero) is 1. The van der Waals surface area contributed by atoms with E-state index in [2.05, 4.69) is 9.97 Å². The molecule has 1 aromatic heterocycles. The Balaban J connectivity index is 2.83. The van der Waals surface area contributed by atoms with Gasteiger partial charge in [-0.2, -0.15) is 0 Å². The lowest BCUT2D eigenvalue weighted by atomic mass is 10.0. The molecule has 0 aliphatic heterocycles. The van der Waals surface area contributed by atoms with Crippen molar-refractivity contribution in [1.29, 1.82) is 0 Å². The minimum absolute atomic E-state index is 0.0839. The SMILES string of the molecule is Cc1nccnc1C(=O)CC(C)C. The summed E-state index contributed by atoms with van der Waals surface area (Å²) in [7, 11) is 0. The maximum Gasteiger partial charge on any atom is 0.183 e. The minimum atomic E-state index is 0.0839. The van der Waals surface area contributed by atoms with Gasteiger partial charge in [0.2, 0.25) is 0 Å². The molecule has 0 saturated heterocycles. The van der Waals surface area contributed by atoms with Crippen LogP contribution in [-0.4, -0.2) is 15.8 Å². The summed E-state index contributed by atoms with van der Waals surface area (Å²) < 4.78 is 0. The molecule has 0 atom stereocenters. The summed E-state index contributed by atoms with van der Waals surface area (Å²) in [4.78, 5) is 19.6. The largest absolute Gasteiger partial charge is 0.292 e. The van der Waals surface area contributed by atoms with Crippen molar-refractivity contribution in [1.82, 2.24) is 9.97 Å². The zero-order valence-corrected chi connectivity index (χ0v) is 8.24. The van der Waals surface area contributed by atoms with E-state index in [-0.39, 0.29) is 5.78 Å². The van der Waals surface area contributed by atoms with Gasteiger partial charge in [-0.15, -0.1) is 0 Å². The molecule has 0 bridgehead atoms. The molecule has 70 valence electrons. The van der Waals surface area contributed by atoms with Gasteiger partial charge < -0.3 is 0 Å². The van der Waals surface area contributed by atoms with Gasteiger partial charge in [-0.25, -0.2) is 4.98 Å². The van der Waals surface area contributed by atoms with Crippen LogP contribution in [0.25, 0.3) is 0 Å². The Morgan fingerprint density at radius 3 is 2.54 bits per heavy atom. The van der Waals surface area contributed by atoms with E-state index in [9.17, 15) is 4.79 Å². The van der Waals surface area contributed by atoms with Crippen molar-refractivity contribution in [3.05, 3.63) is 23.8 Å². The van der Waals surface area contributed by atoms with Gasteiger partial charge >= 0.3 is 0 Å². The second kappa shape index (κ2) is 4.12. The lowest BCUT2D eigenvalue weighted by Crippen LogP contribution is -2.08. The zero-order chi connectivity index (χ0) is 9.84. The molecule has 13 heavy (non-hydrogen) atoms. The van der Waals surface area contributed by atoms with E-state index in [1.807, 2.05) is 13.8 Å². The number of aryl methyl sites for hydroxylation is 1. The number of carbonyl (C=O) groups excluding carboxylic acids is 1. The molecule has 0 saturated carbocycles. The normalized spacial score (nSPS) is 10.5. The Kier molecular flexibility index (Phi) is 3.12. The van der Waals surface area contributed by atoms with Crippen molar-refractivity contribution in [2.75, 3.05) is 0 Å². The Hall–Kier alpha value is -1.25. The van der Waals surface area contributed by atoms with E-state index in [0.717, 1.165) is 0 Å². The van der Waals surface area contributed by atoms with Gasteiger partial charge in [-0.1, -0.05) is 13.8 Å². The van der Waals surface area contributed by atoms with Crippen molar-refractivity contribution in [2.24, 2.45) is 5.92 Å². The monoisotopic (exact) mass is 178 g/mol. The van der Waals surface area contributed by atoms with Crippen molar-refractivity contribution in [3.8, 4) is 0 Å². The van der Waals surface area contributed by atoms with Gasteiger partial charge in [0.1, 0.15) is 5.69 Å². The van der Waals surface area contributed by atoms with Crippen LogP contribution in [0.2, 0.25) is 0 Å². The topological polar surface area (TPSA) is 42.9 Å². The summed E-state index contributed by atoms with van der Waals surface area (Å²) >= 11 is 0. The van der Waals surface area contributed by atoms with Crippen LogP contribution in [0.15, 0.2) is 12.4 Å². The van der Waals surface area contributed by atoms with Crippen LogP contribution in [0.1, 0.15) is 36.5 Å². The fraction of sp³-hybridized carbons (Fsp3) is 0.500. The second-order valence-electron chi connectivity index (χ2n) is 3.51. The van der Waals surface area contributed by atoms with Gasteiger partial charge in [0.15, 0.2) is 5.78 Å². The van der Waals surface area contributed by atoms with Crippen molar-refractivity contribution in [2.45, 2.75) is 27.2 Å². The van der Waals surface area contributed by atoms with Gasteiger partial charge in [-0.3, -0.25) is 9.78 Å². The smallest absolute Gasteiger partial charge is 0.183 e. The van der Waals surface area contributed by atoms with Crippen molar-refractivity contribution < 1.29 is 4.79 Å². The average Bonchev–Trinajstić information content (AvgIpc) is 2.03. The molecular formula is C10H14N2O. The zero-order valence-electron chi connectivity index (χ0n) is 8.24. The fourth-order valence-electron chi connectivity index (χ4n) is 1.15. The van der Waals surface area contributed by atoms with Crippen LogP contribution in [0.3, 0.4) is 0 Å². The lowest BCUT2D eigenvalue weighted by Gasteiger charge is -2.04. The molecule has 0 amide bonds. The van der Waals surface area contributed by atoms with Gasteiger partial charge in [0.05, 0.1) is 5.69 Å². The first-order valence-corrected chi connectivity index (χ1v) is 4.42. The van der Waals surface area contributed by atoms with Gasteiger partial charge in [-0.05, 0) is 12.8 Å². The standard InChI is InChI=1S/C10H14N2O/c1-7(2)6-9(13)10-8(3)11-4-5-12-10/h4-5,7H,6H2,1-3H3. The third kappa shape index (κ3) is 2.61. The van der Waals surface area contributed by atoms with Crippen LogP contribution in [-0.2, 0) is 0 Å². The first kappa shape index (κ1) is 9.84. The lowest BCUT2D eigenvalue weighted by molar-refractivity contribution is 0.0962. The Morgan fingerprint density at radius 1 is 1.38 bits per heavy atom. The highest BCUT2D eigenvalue weighted by atomic mass is 16.1. The third-order valence-electron chi connectivity index (χ3n) is 1.74. The number of aromatic nitrogens is 2. The first-order valence-electron chi connectivity index (χ1n) is 4.42. The molecule has 3 heteroatoms. The number of ketones is 1. The maximum atomic E-state index is 11.6. The molecule has 3 nitrogen and oxygen atoms in total. The molecule has 0 aromatic carbocycles. The molecular weight excluding hydrogens is 164 g/mol. The second-order valence-corrected chi connectivity index (χ2v) is 3.51. The molecule has 0 aliphatic rings. The minimum Gasteiger partial charge on any atom is -0.292 e. The summed E-state index contributed by atoms with van der Waals surface area (Å²) in [5.41, 5.74) is 1.23. The molecule has 0 aliphatic carbocycles. The molecule has 0 N–H and O–H groups in total. The van der Waals surface area contributed by atoms with E-state index in [1.165, 1.54) is 0 Å². The highest BCUT2D eigenvalue weighted by Gasteiger charge is 2.12. The van der Waals surface area contributed by atoms with Gasteiger partial charge in [0, 0.05) is 18.8 Å². The Labute approximate surface area is 78.2 Å². The summed E-state index contributed by atoms with van der Waals surface area (Å²) in [6.07, 6.45) is 3.70. The van der Waals surface area contributed by atoms with Crippen molar-refractivity contribution >= 4 is 5.78 Å². The van der Waals surface area contributed by atoms with E-state index < -0.39 is 0 Å². The molecule has 1 heterocycles. The van der Waals surface area contributed by atoms with Crippen molar-refractivity contribution in [3.63, 3.8) is 0 Å². The van der Waals surface area contributed by atoms with E-state index >= 15 is 0 Å². The first-order chi connectivity index (χ1) is 6.11. The highest BCUT2D eigenvalue weighted by Crippen LogP contribution is 2.08. The van der Waals surface area contributed by atoms with Crippen LogP contribution in [0, 0.1) is 12.8 Å². The number of hydrogen-bond acceptors (Lipinski definition) is 3. The van der Waals surface area contributed by atoms with E-state index in [1.54, 1.807) is 19.3 Å². The Morgan fingerprint density at radius 2 is 2.00 bits per heavy atom. The molecule has 0 unspecified atom stereocenters. The highest BCUT2D eigenvalue weighted by molar-refractivity contribution is 5.95. The predicted octanol–water partition coefficient (Wildman–Crippen LogP) is 2.01. The quantitative estimate of drug-likeness (QED) is 0.665. The van der Waals surface area contributed by atoms with Crippen LogP contribution >= 0.6 is 0 Å². The number of nitrogens with zero attached hydrogens (tertiary/aromatic N) is 2. The molecule has 0 radical (unpaired) electrons. The van der Waals surface area contributed by atoms with Gasteiger partial charge in [0.25, 0.3) is 0 Å². The number of rotatable bonds is 3. The number of hydrogen-bond donors (Lipinski definition) is 0. The predicted molar refractivity (Wildman–Crippen MR) is 50.6 cm³/mol. The van der Waals surface area contributed by atoms with Crippen LogP contribution < -0.4 is 0 Å². The molecule has 1 aromatic rings. The Bertz CT molecular complexity index is 308. The summed E-state index contributed by atoms with van der Waals surface area (Å²) in [6.45, 7) is 5.84. The maximum absolute atomic E-state index is 11.6. The summed E-state index contributed by atoms with van der Waals surface area (Å²) in [5.74, 6) is 0.453. The summed E-state index contributed by atoms with van der Waals surface area (Å²) in [5, 5.41) is 0. The fourth-order valence-corrected chi connectivity index (χ4v) is 1.15. The third-order valence-corrected chi connectivity index (χ3v) is 1.74. The summed E-state index contributed by atoms with van der Waals surface area (Å²) in [6, 6.07) is 0. The molecule has 0 spiro atoms. The molecule has 1 rings (SSSR count). The average molecular weight is 178 g/mol. The van der Waals surface area contributed by atoms with E-state index in [4.69, 9.17) is 0 Å². The number of carbonyl (C=O) groups is 1. The van der Waals surface area contributed by atoms with Crippen LogP contribution in [0.5, 0.6) is 0 Å². The van der Waals surface area contributed by atoms with Crippen LogP contribution in [0.4, 0.5) is 0 Å².